The van der Waals surface area contributed by atoms with Crippen LogP contribution in [0.4, 0.5) is 4.79 Å². The van der Waals surface area contributed by atoms with Gasteiger partial charge in [0.05, 0.1) is 11.7 Å². The number of nitrogens with one attached hydrogen (secondary N) is 1. The summed E-state index contributed by atoms with van der Waals surface area (Å²) in [5, 5.41) is 7.20. The Hall–Kier alpha value is -2.90. The van der Waals surface area contributed by atoms with Gasteiger partial charge in [-0.05, 0) is 58.2 Å². The molecule has 2 heterocycles. The first kappa shape index (κ1) is 20.8. The second kappa shape index (κ2) is 8.63. The Labute approximate surface area is 171 Å². The SMILES string of the molecule is CC(NC(=O)C1CCN(C(=O)OC(C)(C)C)CC1)c1ccc(-n2cncn2)cc1. The topological polar surface area (TPSA) is 89.4 Å². The largest absolute Gasteiger partial charge is 0.444 e. The molecule has 1 aromatic carbocycles. The van der Waals surface area contributed by atoms with E-state index >= 15 is 0 Å². The molecule has 0 spiro atoms. The van der Waals surface area contributed by atoms with E-state index in [-0.39, 0.29) is 24.0 Å². The van der Waals surface area contributed by atoms with Crippen molar-refractivity contribution in [2.75, 3.05) is 13.1 Å². The summed E-state index contributed by atoms with van der Waals surface area (Å²) in [6.45, 7) is 8.60. The number of carbonyl (C=O) groups is 2. The minimum absolute atomic E-state index is 0.0293. The Morgan fingerprint density at radius 1 is 1.17 bits per heavy atom. The predicted octanol–water partition coefficient (Wildman–Crippen LogP) is 3.09. The van der Waals surface area contributed by atoms with Gasteiger partial charge in [0.2, 0.25) is 5.91 Å². The molecule has 1 aromatic heterocycles. The first-order chi connectivity index (χ1) is 13.7. The lowest BCUT2D eigenvalue weighted by molar-refractivity contribution is -0.127. The maximum atomic E-state index is 12.7. The van der Waals surface area contributed by atoms with Gasteiger partial charge in [0.15, 0.2) is 0 Å². The Bertz CT molecular complexity index is 819. The van der Waals surface area contributed by atoms with Gasteiger partial charge in [0, 0.05) is 19.0 Å². The Morgan fingerprint density at radius 2 is 1.83 bits per heavy atom. The van der Waals surface area contributed by atoms with E-state index in [2.05, 4.69) is 15.4 Å². The molecule has 0 radical (unpaired) electrons. The lowest BCUT2D eigenvalue weighted by Crippen LogP contribution is -2.45. The van der Waals surface area contributed by atoms with Crippen LogP contribution in [0.1, 0.15) is 52.1 Å². The summed E-state index contributed by atoms with van der Waals surface area (Å²) in [5.74, 6) is -0.0627. The first-order valence-electron chi connectivity index (χ1n) is 9.96. The molecule has 1 aliphatic rings. The highest BCUT2D eigenvalue weighted by atomic mass is 16.6. The van der Waals surface area contributed by atoms with Crippen molar-refractivity contribution < 1.29 is 14.3 Å². The highest BCUT2D eigenvalue weighted by molar-refractivity contribution is 5.79. The molecule has 1 unspecified atom stereocenters. The molecule has 0 bridgehead atoms. The van der Waals surface area contributed by atoms with Gasteiger partial charge in [0.1, 0.15) is 18.3 Å². The normalized spacial score (nSPS) is 16.3. The van der Waals surface area contributed by atoms with Crippen molar-refractivity contribution in [3.05, 3.63) is 42.5 Å². The molecule has 2 aromatic rings. The fraction of sp³-hybridized carbons (Fsp3) is 0.524. The number of piperidine rings is 1. The van der Waals surface area contributed by atoms with Crippen molar-refractivity contribution in [3.8, 4) is 5.69 Å². The van der Waals surface area contributed by atoms with Gasteiger partial charge in [-0.25, -0.2) is 14.5 Å². The zero-order chi connectivity index (χ0) is 21.0. The standard InChI is InChI=1S/C21H29N5O3/c1-15(16-5-7-18(8-6-16)26-14-22-13-23-26)24-19(27)17-9-11-25(12-10-17)20(28)29-21(2,3)4/h5-8,13-15,17H,9-12H2,1-4H3,(H,24,27). The molecule has 1 aliphatic heterocycles. The Morgan fingerprint density at radius 3 is 2.38 bits per heavy atom. The number of ether oxygens (including phenoxy) is 1. The number of benzene rings is 1. The van der Waals surface area contributed by atoms with Crippen molar-refractivity contribution in [1.29, 1.82) is 0 Å². The molecule has 3 rings (SSSR count). The van der Waals surface area contributed by atoms with Gasteiger partial charge in [-0.3, -0.25) is 4.79 Å². The Balaban J connectivity index is 1.50. The molecule has 1 fully saturated rings. The third-order valence-corrected chi connectivity index (χ3v) is 4.95. The number of hydrogen-bond donors (Lipinski definition) is 1. The number of carbonyl (C=O) groups excluding carboxylic acids is 2. The third kappa shape index (κ3) is 5.56. The number of amides is 2. The van der Waals surface area contributed by atoms with E-state index in [0.29, 0.717) is 25.9 Å². The maximum Gasteiger partial charge on any atom is 0.410 e. The molecule has 156 valence electrons. The van der Waals surface area contributed by atoms with Crippen LogP contribution >= 0.6 is 0 Å². The fourth-order valence-electron chi connectivity index (χ4n) is 3.32. The first-order valence-corrected chi connectivity index (χ1v) is 9.96. The maximum absolute atomic E-state index is 12.7. The number of hydrogen-bond acceptors (Lipinski definition) is 5. The molecule has 2 amide bonds. The van der Waals surface area contributed by atoms with Gasteiger partial charge in [-0.1, -0.05) is 12.1 Å². The van der Waals surface area contributed by atoms with Crippen molar-refractivity contribution in [3.63, 3.8) is 0 Å². The molecular formula is C21H29N5O3. The van der Waals surface area contributed by atoms with Crippen LogP contribution < -0.4 is 5.32 Å². The highest BCUT2D eigenvalue weighted by Gasteiger charge is 2.30. The van der Waals surface area contributed by atoms with Crippen molar-refractivity contribution in [2.45, 2.75) is 52.2 Å². The van der Waals surface area contributed by atoms with E-state index in [4.69, 9.17) is 4.74 Å². The predicted molar refractivity (Wildman–Crippen MR) is 108 cm³/mol. The monoisotopic (exact) mass is 399 g/mol. The van der Waals surface area contributed by atoms with Crippen LogP contribution in [0.15, 0.2) is 36.9 Å². The fourth-order valence-corrected chi connectivity index (χ4v) is 3.32. The molecule has 1 saturated heterocycles. The van der Waals surface area contributed by atoms with Gasteiger partial charge in [-0.2, -0.15) is 5.10 Å². The summed E-state index contributed by atoms with van der Waals surface area (Å²) in [6, 6.07) is 7.76. The van der Waals surface area contributed by atoms with Crippen LogP contribution in [-0.2, 0) is 9.53 Å². The average Bonchev–Trinajstić information content (AvgIpc) is 3.21. The third-order valence-electron chi connectivity index (χ3n) is 4.95. The zero-order valence-electron chi connectivity index (χ0n) is 17.5. The molecule has 29 heavy (non-hydrogen) atoms. The molecule has 8 nitrogen and oxygen atoms in total. The van der Waals surface area contributed by atoms with E-state index < -0.39 is 5.60 Å². The number of rotatable bonds is 4. The van der Waals surface area contributed by atoms with Crippen LogP contribution in [0.5, 0.6) is 0 Å². The van der Waals surface area contributed by atoms with Crippen LogP contribution in [0.2, 0.25) is 0 Å². The number of nitrogens with zero attached hydrogens (tertiary/aromatic N) is 4. The van der Waals surface area contributed by atoms with Crippen molar-refractivity contribution >= 4 is 12.0 Å². The molecule has 1 atom stereocenters. The van der Waals surface area contributed by atoms with Gasteiger partial charge < -0.3 is 15.0 Å². The molecule has 0 aliphatic carbocycles. The van der Waals surface area contributed by atoms with E-state index in [9.17, 15) is 9.59 Å². The van der Waals surface area contributed by atoms with Gasteiger partial charge in [-0.15, -0.1) is 0 Å². The summed E-state index contributed by atoms with van der Waals surface area (Å²) < 4.78 is 7.09. The zero-order valence-corrected chi connectivity index (χ0v) is 17.5. The average molecular weight is 399 g/mol. The molecule has 1 N–H and O–H groups in total. The van der Waals surface area contributed by atoms with Crippen molar-refractivity contribution in [2.24, 2.45) is 5.92 Å². The lowest BCUT2D eigenvalue weighted by Gasteiger charge is -2.33. The van der Waals surface area contributed by atoms with Crippen LogP contribution in [0.3, 0.4) is 0 Å². The molecular weight excluding hydrogens is 370 g/mol. The van der Waals surface area contributed by atoms with Crippen LogP contribution in [-0.4, -0.2) is 50.4 Å². The lowest BCUT2D eigenvalue weighted by atomic mass is 9.95. The molecule has 0 saturated carbocycles. The van der Waals surface area contributed by atoms with E-state index in [1.54, 1.807) is 15.9 Å². The smallest absolute Gasteiger partial charge is 0.410 e. The molecule has 8 heteroatoms. The van der Waals surface area contributed by atoms with E-state index in [1.165, 1.54) is 6.33 Å². The number of aromatic nitrogens is 3. The van der Waals surface area contributed by atoms with E-state index in [1.807, 2.05) is 52.0 Å². The van der Waals surface area contributed by atoms with Gasteiger partial charge >= 0.3 is 6.09 Å². The van der Waals surface area contributed by atoms with Crippen LogP contribution in [0.25, 0.3) is 5.69 Å². The second-order valence-electron chi connectivity index (χ2n) is 8.40. The highest BCUT2D eigenvalue weighted by Crippen LogP contribution is 2.22. The van der Waals surface area contributed by atoms with Crippen molar-refractivity contribution in [1.82, 2.24) is 25.0 Å². The van der Waals surface area contributed by atoms with E-state index in [0.717, 1.165) is 11.3 Å². The Kier molecular flexibility index (Phi) is 6.20. The quantitative estimate of drug-likeness (QED) is 0.853. The summed E-state index contributed by atoms with van der Waals surface area (Å²) in [6.07, 6.45) is 4.11. The minimum Gasteiger partial charge on any atom is -0.444 e. The summed E-state index contributed by atoms with van der Waals surface area (Å²) in [7, 11) is 0. The van der Waals surface area contributed by atoms with Gasteiger partial charge in [0.25, 0.3) is 0 Å². The summed E-state index contributed by atoms with van der Waals surface area (Å²) in [4.78, 5) is 30.5. The van der Waals surface area contributed by atoms with Crippen LogP contribution in [0, 0.1) is 5.92 Å². The summed E-state index contributed by atoms with van der Waals surface area (Å²) in [5.41, 5.74) is 1.43. The summed E-state index contributed by atoms with van der Waals surface area (Å²) >= 11 is 0. The minimum atomic E-state index is -0.510. The second-order valence-corrected chi connectivity index (χ2v) is 8.40. The number of likely N-dealkylation sites (tertiary alicyclic amines) is 1.